The highest BCUT2D eigenvalue weighted by atomic mass is 16.6. The molecule has 2 rings (SSSR count). The van der Waals surface area contributed by atoms with Crippen molar-refractivity contribution >= 4 is 6.21 Å². The van der Waals surface area contributed by atoms with Crippen molar-refractivity contribution in [2.75, 3.05) is 13.7 Å². The highest BCUT2D eigenvalue weighted by molar-refractivity contribution is 5.73. The number of nitrogens with zero attached hydrogens (tertiary/aromatic N) is 3. The van der Waals surface area contributed by atoms with E-state index in [0.717, 1.165) is 28.2 Å². The predicted molar refractivity (Wildman–Crippen MR) is 97.2 cm³/mol. The zero-order valence-electron chi connectivity index (χ0n) is 15.0. The van der Waals surface area contributed by atoms with Gasteiger partial charge in [0.05, 0.1) is 0 Å². The highest BCUT2D eigenvalue weighted by Crippen LogP contribution is 2.29. The van der Waals surface area contributed by atoms with Crippen molar-refractivity contribution in [2.45, 2.75) is 27.4 Å². The molecule has 1 aromatic heterocycles. The van der Waals surface area contributed by atoms with E-state index in [1.165, 1.54) is 13.3 Å². The summed E-state index contributed by atoms with van der Waals surface area (Å²) < 4.78 is 11.6. The lowest BCUT2D eigenvalue weighted by atomic mass is 10.1. The van der Waals surface area contributed by atoms with Gasteiger partial charge in [-0.25, -0.2) is 9.97 Å². The molecule has 1 aromatic carbocycles. The van der Waals surface area contributed by atoms with Crippen molar-refractivity contribution in [1.29, 1.82) is 0 Å². The van der Waals surface area contributed by atoms with Crippen LogP contribution in [0.3, 0.4) is 0 Å². The van der Waals surface area contributed by atoms with Crippen molar-refractivity contribution in [3.63, 3.8) is 0 Å². The van der Waals surface area contributed by atoms with Crippen LogP contribution in [-0.4, -0.2) is 29.9 Å². The fraction of sp³-hybridized carbons (Fsp3) is 0.316. The topological polar surface area (TPSA) is 65.8 Å². The zero-order valence-corrected chi connectivity index (χ0v) is 15.0. The van der Waals surface area contributed by atoms with Gasteiger partial charge in [-0.3, -0.25) is 0 Å². The summed E-state index contributed by atoms with van der Waals surface area (Å²) in [6.45, 7) is 6.93. The summed E-state index contributed by atoms with van der Waals surface area (Å²) >= 11 is 0. The van der Waals surface area contributed by atoms with Crippen molar-refractivity contribution in [3.8, 4) is 11.5 Å². The van der Waals surface area contributed by atoms with Gasteiger partial charge < -0.3 is 14.3 Å². The molecule has 0 aliphatic carbocycles. The molecule has 6 nitrogen and oxygen atoms in total. The molecule has 6 heteroatoms. The third-order valence-electron chi connectivity index (χ3n) is 3.40. The molecule has 0 aliphatic rings. The summed E-state index contributed by atoms with van der Waals surface area (Å²) in [5, 5.41) is 3.63. The van der Waals surface area contributed by atoms with E-state index >= 15 is 0 Å². The number of aromatic nitrogens is 2. The second-order valence-corrected chi connectivity index (χ2v) is 5.42. The maximum absolute atomic E-state index is 5.95. The molecule has 2 aromatic rings. The molecule has 1 heterocycles. The Morgan fingerprint density at radius 2 is 1.76 bits per heavy atom. The van der Waals surface area contributed by atoms with Gasteiger partial charge in [-0.15, -0.1) is 0 Å². The molecule has 0 N–H and O–H groups in total. The van der Waals surface area contributed by atoms with Crippen LogP contribution in [0.15, 0.2) is 41.8 Å². The second-order valence-electron chi connectivity index (χ2n) is 5.42. The summed E-state index contributed by atoms with van der Waals surface area (Å²) in [6.07, 6.45) is 8.81. The summed E-state index contributed by atoms with van der Waals surface area (Å²) in [5.74, 6) is 2.18. The zero-order chi connectivity index (χ0) is 18.1. The smallest absolute Gasteiger partial charge is 0.173 e. The molecule has 0 amide bonds. The van der Waals surface area contributed by atoms with Crippen LogP contribution in [0.4, 0.5) is 0 Å². The minimum Gasteiger partial charge on any atom is -0.490 e. The van der Waals surface area contributed by atoms with Gasteiger partial charge in [0, 0.05) is 18.0 Å². The standard InChI is InChI=1S/C19H23N3O3/c1-5-6-7-24-17-8-14(2)19(15(3)9-17)25-13-16-10-20-18(21-11-16)12-22-23-4/h5-6,8-12H,7,13H2,1-4H3/b6-5+,22-12?. The Kier molecular flexibility index (Phi) is 6.95. The molecule has 0 unspecified atom stereocenters. The first kappa shape index (κ1) is 18.4. The van der Waals surface area contributed by atoms with E-state index < -0.39 is 0 Å². The van der Waals surface area contributed by atoms with Crippen LogP contribution in [0.1, 0.15) is 29.4 Å². The summed E-state index contributed by atoms with van der Waals surface area (Å²) in [7, 11) is 1.47. The van der Waals surface area contributed by atoms with Crippen LogP contribution in [0.2, 0.25) is 0 Å². The molecule has 0 fully saturated rings. The van der Waals surface area contributed by atoms with Crippen LogP contribution < -0.4 is 9.47 Å². The molecular formula is C19H23N3O3. The third-order valence-corrected chi connectivity index (χ3v) is 3.40. The average Bonchev–Trinajstić information content (AvgIpc) is 2.60. The Morgan fingerprint density at radius 1 is 1.08 bits per heavy atom. The molecule has 25 heavy (non-hydrogen) atoms. The van der Waals surface area contributed by atoms with Gasteiger partial charge in [0.2, 0.25) is 0 Å². The first-order valence-corrected chi connectivity index (χ1v) is 7.99. The van der Waals surface area contributed by atoms with Crippen LogP contribution >= 0.6 is 0 Å². The SMILES string of the molecule is C/C=C/COc1cc(C)c(OCc2cnc(C=NOC)nc2)c(C)c1. The largest absolute Gasteiger partial charge is 0.490 e. The molecular weight excluding hydrogens is 318 g/mol. The summed E-state index contributed by atoms with van der Waals surface area (Å²) in [6, 6.07) is 3.96. The van der Waals surface area contributed by atoms with Crippen molar-refractivity contribution < 1.29 is 14.3 Å². The maximum Gasteiger partial charge on any atom is 0.173 e. The quantitative estimate of drug-likeness (QED) is 0.417. The molecule has 0 spiro atoms. The average molecular weight is 341 g/mol. The Balaban J connectivity index is 2.01. The number of rotatable bonds is 8. The second kappa shape index (κ2) is 9.42. The minimum atomic E-state index is 0.391. The van der Waals surface area contributed by atoms with Gasteiger partial charge in [-0.05, 0) is 44.0 Å². The van der Waals surface area contributed by atoms with Gasteiger partial charge in [-0.1, -0.05) is 17.3 Å². The first-order chi connectivity index (χ1) is 12.1. The van der Waals surface area contributed by atoms with Gasteiger partial charge in [0.15, 0.2) is 5.82 Å². The lowest BCUT2D eigenvalue weighted by Gasteiger charge is -2.14. The van der Waals surface area contributed by atoms with Crippen LogP contribution in [0.25, 0.3) is 0 Å². The monoisotopic (exact) mass is 341 g/mol. The molecule has 0 saturated heterocycles. The van der Waals surface area contributed by atoms with E-state index in [9.17, 15) is 0 Å². The van der Waals surface area contributed by atoms with Crippen LogP contribution in [0, 0.1) is 13.8 Å². The number of hydrogen-bond donors (Lipinski definition) is 0. The van der Waals surface area contributed by atoms with E-state index in [1.54, 1.807) is 12.4 Å². The van der Waals surface area contributed by atoms with Crippen molar-refractivity contribution in [1.82, 2.24) is 9.97 Å². The van der Waals surface area contributed by atoms with Crippen molar-refractivity contribution in [2.24, 2.45) is 5.16 Å². The van der Waals surface area contributed by atoms with E-state index in [4.69, 9.17) is 9.47 Å². The molecule has 0 bridgehead atoms. The van der Waals surface area contributed by atoms with Gasteiger partial charge in [-0.2, -0.15) is 0 Å². The maximum atomic E-state index is 5.95. The minimum absolute atomic E-state index is 0.391. The van der Waals surface area contributed by atoms with E-state index in [0.29, 0.717) is 19.0 Å². The van der Waals surface area contributed by atoms with Crippen LogP contribution in [0.5, 0.6) is 11.5 Å². The van der Waals surface area contributed by atoms with E-state index in [-0.39, 0.29) is 0 Å². The predicted octanol–water partition coefficient (Wildman–Crippen LogP) is 3.61. The number of ether oxygens (including phenoxy) is 2. The highest BCUT2D eigenvalue weighted by Gasteiger charge is 2.08. The van der Waals surface area contributed by atoms with E-state index in [1.807, 2.05) is 45.1 Å². The summed E-state index contributed by atoms with van der Waals surface area (Å²) in [5.41, 5.74) is 2.93. The lowest BCUT2D eigenvalue weighted by Crippen LogP contribution is -2.03. The Labute approximate surface area is 148 Å². The number of aryl methyl sites for hydroxylation is 2. The van der Waals surface area contributed by atoms with Gasteiger partial charge in [0.1, 0.15) is 38.0 Å². The Morgan fingerprint density at radius 3 is 2.36 bits per heavy atom. The fourth-order valence-electron chi connectivity index (χ4n) is 2.22. The number of hydrogen-bond acceptors (Lipinski definition) is 6. The van der Waals surface area contributed by atoms with E-state index in [2.05, 4.69) is 20.0 Å². The third kappa shape index (κ3) is 5.60. The Hall–Kier alpha value is -2.89. The molecule has 132 valence electrons. The number of allylic oxidation sites excluding steroid dienone is 1. The molecule has 0 aliphatic heterocycles. The summed E-state index contributed by atoms with van der Waals surface area (Å²) in [4.78, 5) is 13.0. The van der Waals surface area contributed by atoms with Gasteiger partial charge >= 0.3 is 0 Å². The van der Waals surface area contributed by atoms with Crippen molar-refractivity contribution in [3.05, 3.63) is 59.2 Å². The molecule has 0 radical (unpaired) electrons. The first-order valence-electron chi connectivity index (χ1n) is 7.99. The Bertz CT molecular complexity index is 717. The normalized spacial score (nSPS) is 11.2. The van der Waals surface area contributed by atoms with Gasteiger partial charge in [0.25, 0.3) is 0 Å². The lowest BCUT2D eigenvalue weighted by molar-refractivity contribution is 0.215. The fourth-order valence-corrected chi connectivity index (χ4v) is 2.22. The molecule has 0 saturated carbocycles. The number of oxime groups is 1. The van der Waals surface area contributed by atoms with Crippen LogP contribution in [-0.2, 0) is 11.4 Å². The molecule has 0 atom stereocenters. The number of benzene rings is 1.